The molecule has 9 heteroatoms. The Balaban J connectivity index is 0.00000156. The molecule has 0 bridgehead atoms. The van der Waals surface area contributed by atoms with Gasteiger partial charge in [-0.2, -0.15) is 0 Å². The molecular formula is C16H22Cl2F4N2O. The first-order valence-corrected chi connectivity index (χ1v) is 7.92. The molecule has 2 fully saturated rings. The second-order valence-electron chi connectivity index (χ2n) is 6.22. The van der Waals surface area contributed by atoms with Crippen molar-refractivity contribution in [3.05, 3.63) is 29.6 Å². The van der Waals surface area contributed by atoms with Crippen LogP contribution in [-0.4, -0.2) is 37.4 Å². The Morgan fingerprint density at radius 3 is 2.32 bits per heavy atom. The third kappa shape index (κ3) is 6.47. The quantitative estimate of drug-likeness (QED) is 0.739. The Hall–Kier alpha value is -0.760. The summed E-state index contributed by atoms with van der Waals surface area (Å²) >= 11 is 0. The van der Waals surface area contributed by atoms with Gasteiger partial charge in [0.15, 0.2) is 11.6 Å². The van der Waals surface area contributed by atoms with Gasteiger partial charge in [0.1, 0.15) is 0 Å². The van der Waals surface area contributed by atoms with Gasteiger partial charge in [-0.25, -0.2) is 4.39 Å². The van der Waals surface area contributed by atoms with Crippen LogP contribution in [0.4, 0.5) is 17.6 Å². The molecule has 1 aliphatic carbocycles. The van der Waals surface area contributed by atoms with Gasteiger partial charge < -0.3 is 10.1 Å². The number of ether oxygens (including phenoxy) is 1. The molecule has 3 nitrogen and oxygen atoms in total. The Labute approximate surface area is 156 Å². The molecule has 2 aliphatic rings. The maximum atomic E-state index is 14.0. The third-order valence-electron chi connectivity index (χ3n) is 4.41. The smallest absolute Gasteiger partial charge is 0.403 e. The van der Waals surface area contributed by atoms with Crippen LogP contribution in [-0.2, 0) is 0 Å². The molecule has 144 valence electrons. The zero-order valence-electron chi connectivity index (χ0n) is 13.5. The van der Waals surface area contributed by atoms with E-state index in [9.17, 15) is 17.6 Å². The SMILES string of the molecule is Cl.Cl.Fc1cc([C@H](CC2CC2)N2CCNCC2)ccc1OC(F)(F)F. The number of benzene rings is 1. The zero-order valence-corrected chi connectivity index (χ0v) is 15.2. The summed E-state index contributed by atoms with van der Waals surface area (Å²) in [4.78, 5) is 2.29. The van der Waals surface area contributed by atoms with E-state index in [2.05, 4.69) is 15.0 Å². The number of piperazine rings is 1. The first-order chi connectivity index (χ1) is 10.9. The molecule has 1 saturated carbocycles. The van der Waals surface area contributed by atoms with Gasteiger partial charge >= 0.3 is 6.36 Å². The van der Waals surface area contributed by atoms with Gasteiger partial charge in [0.25, 0.3) is 0 Å². The van der Waals surface area contributed by atoms with Crippen molar-refractivity contribution < 1.29 is 22.3 Å². The normalized spacial score (nSPS) is 19.5. The van der Waals surface area contributed by atoms with E-state index in [0.717, 1.165) is 44.2 Å². The Morgan fingerprint density at radius 2 is 1.80 bits per heavy atom. The average molecular weight is 405 g/mol. The summed E-state index contributed by atoms with van der Waals surface area (Å²) in [6.45, 7) is 3.47. The van der Waals surface area contributed by atoms with Crippen LogP contribution in [0.5, 0.6) is 5.75 Å². The van der Waals surface area contributed by atoms with Crippen LogP contribution in [0.1, 0.15) is 30.9 Å². The molecule has 1 aromatic rings. The van der Waals surface area contributed by atoms with E-state index < -0.39 is 17.9 Å². The number of hydrogen-bond acceptors (Lipinski definition) is 3. The average Bonchev–Trinajstić information content (AvgIpc) is 3.31. The third-order valence-corrected chi connectivity index (χ3v) is 4.41. The van der Waals surface area contributed by atoms with Crippen LogP contribution in [0.25, 0.3) is 0 Å². The highest BCUT2D eigenvalue weighted by Gasteiger charge is 2.34. The summed E-state index contributed by atoms with van der Waals surface area (Å²) in [6.07, 6.45) is -1.59. The number of halogens is 6. The maximum Gasteiger partial charge on any atom is 0.573 e. The molecule has 0 radical (unpaired) electrons. The summed E-state index contributed by atoms with van der Waals surface area (Å²) in [7, 11) is 0. The Bertz CT molecular complexity index is 549. The molecular weight excluding hydrogens is 383 g/mol. The second kappa shape index (κ2) is 9.26. The molecule has 0 unspecified atom stereocenters. The Kier molecular flexibility index (Phi) is 8.25. The standard InChI is InChI=1S/C16H20F4N2O.2ClH/c17-13-10-12(3-4-15(13)23-16(18,19)20)14(9-11-1-2-11)22-7-5-21-6-8-22;;/h3-4,10-11,14,21H,1-2,5-9H2;2*1H/t14-;;/m0../s1. The van der Waals surface area contributed by atoms with Crippen LogP contribution in [0.15, 0.2) is 18.2 Å². The van der Waals surface area contributed by atoms with Gasteiger partial charge in [0, 0.05) is 32.2 Å². The molecule has 1 saturated heterocycles. The fourth-order valence-electron chi connectivity index (χ4n) is 3.09. The minimum atomic E-state index is -4.88. The van der Waals surface area contributed by atoms with Gasteiger partial charge in [-0.1, -0.05) is 18.9 Å². The largest absolute Gasteiger partial charge is 0.573 e. The topological polar surface area (TPSA) is 24.5 Å². The second-order valence-corrected chi connectivity index (χ2v) is 6.22. The number of hydrogen-bond donors (Lipinski definition) is 1. The van der Waals surface area contributed by atoms with Crippen LogP contribution in [0.2, 0.25) is 0 Å². The maximum absolute atomic E-state index is 14.0. The number of nitrogens with one attached hydrogen (secondary N) is 1. The monoisotopic (exact) mass is 404 g/mol. The minimum absolute atomic E-state index is 0. The van der Waals surface area contributed by atoms with E-state index in [1.54, 1.807) is 6.07 Å². The molecule has 0 aromatic heterocycles. The summed E-state index contributed by atoms with van der Waals surface area (Å²) in [6, 6.07) is 3.88. The summed E-state index contributed by atoms with van der Waals surface area (Å²) in [5.41, 5.74) is 0.728. The van der Waals surface area contributed by atoms with Crippen LogP contribution >= 0.6 is 24.8 Å². The van der Waals surface area contributed by atoms with Crippen LogP contribution < -0.4 is 10.1 Å². The predicted octanol–water partition coefficient (Wildman–Crippen LogP) is 4.31. The lowest BCUT2D eigenvalue weighted by atomic mass is 9.98. The van der Waals surface area contributed by atoms with Crippen molar-refractivity contribution in [1.82, 2.24) is 10.2 Å². The van der Waals surface area contributed by atoms with E-state index in [1.807, 2.05) is 0 Å². The first kappa shape index (κ1) is 22.3. The van der Waals surface area contributed by atoms with Crippen molar-refractivity contribution in [1.29, 1.82) is 0 Å². The molecule has 1 aliphatic heterocycles. The molecule has 0 amide bonds. The van der Waals surface area contributed by atoms with E-state index in [-0.39, 0.29) is 30.9 Å². The van der Waals surface area contributed by atoms with Gasteiger partial charge in [-0.05, 0) is 30.0 Å². The molecule has 3 rings (SSSR count). The van der Waals surface area contributed by atoms with Gasteiger partial charge in [0.05, 0.1) is 0 Å². The molecule has 1 heterocycles. The van der Waals surface area contributed by atoms with E-state index >= 15 is 0 Å². The fourth-order valence-corrected chi connectivity index (χ4v) is 3.09. The molecule has 1 atom stereocenters. The lowest BCUT2D eigenvalue weighted by Crippen LogP contribution is -2.45. The molecule has 1 aromatic carbocycles. The van der Waals surface area contributed by atoms with Crippen molar-refractivity contribution in [2.45, 2.75) is 31.7 Å². The van der Waals surface area contributed by atoms with Crippen molar-refractivity contribution in [2.24, 2.45) is 5.92 Å². The number of nitrogens with zero attached hydrogens (tertiary/aromatic N) is 1. The lowest BCUT2D eigenvalue weighted by Gasteiger charge is -2.35. The first-order valence-electron chi connectivity index (χ1n) is 7.92. The highest BCUT2D eigenvalue weighted by molar-refractivity contribution is 5.85. The van der Waals surface area contributed by atoms with E-state index in [4.69, 9.17) is 0 Å². The predicted molar refractivity (Wildman–Crippen MR) is 92.1 cm³/mol. The van der Waals surface area contributed by atoms with Crippen LogP contribution in [0, 0.1) is 11.7 Å². The number of rotatable bonds is 5. The molecule has 0 spiro atoms. The summed E-state index contributed by atoms with van der Waals surface area (Å²) in [5.74, 6) is -1.09. The van der Waals surface area contributed by atoms with Crippen molar-refractivity contribution in [3.63, 3.8) is 0 Å². The molecule has 25 heavy (non-hydrogen) atoms. The Morgan fingerprint density at radius 1 is 1.16 bits per heavy atom. The van der Waals surface area contributed by atoms with Gasteiger partial charge in [-0.3, -0.25) is 4.90 Å². The van der Waals surface area contributed by atoms with Crippen LogP contribution in [0.3, 0.4) is 0 Å². The van der Waals surface area contributed by atoms with Crippen molar-refractivity contribution >= 4 is 24.8 Å². The lowest BCUT2D eigenvalue weighted by molar-refractivity contribution is -0.275. The molecule has 1 N–H and O–H groups in total. The summed E-state index contributed by atoms with van der Waals surface area (Å²) in [5, 5.41) is 3.28. The van der Waals surface area contributed by atoms with E-state index in [1.165, 1.54) is 18.9 Å². The van der Waals surface area contributed by atoms with Gasteiger partial charge in [0.2, 0.25) is 0 Å². The zero-order chi connectivity index (χ0) is 16.4. The highest BCUT2D eigenvalue weighted by Crippen LogP contribution is 2.41. The fraction of sp³-hybridized carbons (Fsp3) is 0.625. The highest BCUT2D eigenvalue weighted by atomic mass is 35.5. The summed E-state index contributed by atoms with van der Waals surface area (Å²) < 4.78 is 54.5. The van der Waals surface area contributed by atoms with Crippen molar-refractivity contribution in [2.75, 3.05) is 26.2 Å². The van der Waals surface area contributed by atoms with Gasteiger partial charge in [-0.15, -0.1) is 38.0 Å². The number of alkyl halides is 3. The van der Waals surface area contributed by atoms with Crippen molar-refractivity contribution in [3.8, 4) is 5.75 Å². The minimum Gasteiger partial charge on any atom is -0.403 e. The van der Waals surface area contributed by atoms with E-state index in [0.29, 0.717) is 5.92 Å².